The van der Waals surface area contributed by atoms with Gasteiger partial charge < -0.3 is 21.1 Å². The molecular weight excluding hydrogens is 635 g/mol. The molecule has 3 atom stereocenters. The molecule has 9 heteroatoms. The summed E-state index contributed by atoms with van der Waals surface area (Å²) in [6.45, 7) is 4.09. The number of carbonyl (C=O) groups is 1. The minimum Gasteiger partial charge on any atom is -0.387 e. The van der Waals surface area contributed by atoms with Crippen molar-refractivity contribution in [3.63, 3.8) is 0 Å². The first-order valence-electron chi connectivity index (χ1n) is 20.1. The molecule has 0 fully saturated rings. The Hall–Kier alpha value is -1.28. The second kappa shape index (κ2) is 36.5. The van der Waals surface area contributed by atoms with E-state index in [-0.39, 0.29) is 25.7 Å². The van der Waals surface area contributed by atoms with Crippen LogP contribution in [-0.4, -0.2) is 47.8 Å². The molecule has 1 amide bonds. The van der Waals surface area contributed by atoms with E-state index in [1.807, 2.05) is 6.08 Å². The van der Waals surface area contributed by atoms with Crippen LogP contribution in [0.15, 0.2) is 36.5 Å². The van der Waals surface area contributed by atoms with Crippen LogP contribution in [0.2, 0.25) is 0 Å². The summed E-state index contributed by atoms with van der Waals surface area (Å²) in [5.41, 5.74) is 5.36. The second-order valence-electron chi connectivity index (χ2n) is 13.5. The standard InChI is InChI=1S/C40H77N2O6P/c1-3-5-7-9-11-13-15-17-18-19-20-22-24-26-28-30-32-34-40(44)42-38(37-48-49(45,46)47-36-35-41)39(43)33-31-29-27-25-23-21-16-14-12-10-8-6-4-2/h11,13,17-18,31,33,38-39,43H,3-10,12,14-16,19-30,32,34-37,41H2,1-2H3,(H,42,44)(H,45,46)/b13-11-,18-17-,33-31+. The van der Waals surface area contributed by atoms with Crippen LogP contribution >= 0.6 is 7.82 Å². The van der Waals surface area contributed by atoms with Crippen LogP contribution in [0, 0.1) is 0 Å². The molecule has 0 aliphatic rings. The van der Waals surface area contributed by atoms with E-state index in [1.165, 1.54) is 109 Å². The zero-order valence-corrected chi connectivity index (χ0v) is 32.6. The Bertz CT molecular complexity index is 866. The largest absolute Gasteiger partial charge is 0.472 e. The molecule has 0 spiro atoms. The predicted molar refractivity (Wildman–Crippen MR) is 208 cm³/mol. The van der Waals surface area contributed by atoms with Gasteiger partial charge in [-0.05, 0) is 51.4 Å². The number of amides is 1. The van der Waals surface area contributed by atoms with Crippen LogP contribution in [-0.2, 0) is 18.4 Å². The van der Waals surface area contributed by atoms with Crippen molar-refractivity contribution < 1.29 is 28.4 Å². The molecule has 5 N–H and O–H groups in total. The van der Waals surface area contributed by atoms with Crippen LogP contribution < -0.4 is 11.1 Å². The fourth-order valence-electron chi connectivity index (χ4n) is 5.63. The summed E-state index contributed by atoms with van der Waals surface area (Å²) in [7, 11) is -4.33. The van der Waals surface area contributed by atoms with Gasteiger partial charge in [0.2, 0.25) is 5.91 Å². The van der Waals surface area contributed by atoms with Gasteiger partial charge in [0.05, 0.1) is 25.4 Å². The molecule has 288 valence electrons. The minimum atomic E-state index is -4.33. The maximum Gasteiger partial charge on any atom is 0.472 e. The molecule has 0 bridgehead atoms. The maximum absolute atomic E-state index is 12.7. The van der Waals surface area contributed by atoms with Crippen molar-refractivity contribution in [3.8, 4) is 0 Å². The molecule has 49 heavy (non-hydrogen) atoms. The van der Waals surface area contributed by atoms with Crippen molar-refractivity contribution in [2.75, 3.05) is 19.8 Å². The lowest BCUT2D eigenvalue weighted by Crippen LogP contribution is -2.45. The third kappa shape index (κ3) is 34.9. The average Bonchev–Trinajstić information content (AvgIpc) is 3.09. The number of unbranched alkanes of at least 4 members (excludes halogenated alkanes) is 21. The van der Waals surface area contributed by atoms with Crippen LogP contribution in [0.1, 0.15) is 181 Å². The van der Waals surface area contributed by atoms with E-state index in [0.717, 1.165) is 51.4 Å². The van der Waals surface area contributed by atoms with Crippen LogP contribution in [0.4, 0.5) is 0 Å². The molecule has 0 radical (unpaired) electrons. The van der Waals surface area contributed by atoms with E-state index in [0.29, 0.717) is 6.42 Å². The lowest BCUT2D eigenvalue weighted by molar-refractivity contribution is -0.123. The average molecular weight is 713 g/mol. The first-order chi connectivity index (χ1) is 23.9. The van der Waals surface area contributed by atoms with E-state index in [4.69, 9.17) is 14.8 Å². The number of rotatable bonds is 37. The topological polar surface area (TPSA) is 131 Å². The first-order valence-corrected chi connectivity index (χ1v) is 21.6. The number of nitrogens with two attached hydrogens (primary N) is 1. The zero-order valence-electron chi connectivity index (χ0n) is 31.7. The summed E-state index contributed by atoms with van der Waals surface area (Å²) in [6, 6.07) is -0.862. The number of hydrogen-bond acceptors (Lipinski definition) is 6. The minimum absolute atomic E-state index is 0.0766. The highest BCUT2D eigenvalue weighted by molar-refractivity contribution is 7.47. The number of nitrogens with one attached hydrogen (secondary N) is 1. The van der Waals surface area contributed by atoms with Crippen molar-refractivity contribution >= 4 is 13.7 Å². The lowest BCUT2D eigenvalue weighted by atomic mass is 10.0. The Balaban J connectivity index is 4.28. The summed E-state index contributed by atoms with van der Waals surface area (Å²) < 4.78 is 22.1. The highest BCUT2D eigenvalue weighted by atomic mass is 31.2. The SMILES string of the molecule is CCCCC/C=C\C/C=C\CCCCCCCCCC(=O)NC(COP(=O)(O)OCCN)C(O)/C=C/CCCCCCCCCCCCC. The molecule has 8 nitrogen and oxygen atoms in total. The Morgan fingerprint density at radius 2 is 1.12 bits per heavy atom. The molecule has 0 heterocycles. The molecule has 0 aliphatic heterocycles. The molecule has 0 saturated heterocycles. The molecule has 0 aliphatic carbocycles. The number of phosphoric ester groups is 1. The van der Waals surface area contributed by atoms with E-state index >= 15 is 0 Å². The number of phosphoric acid groups is 1. The Kier molecular flexibility index (Phi) is 35.6. The van der Waals surface area contributed by atoms with E-state index in [9.17, 15) is 19.4 Å². The summed E-state index contributed by atoms with van der Waals surface area (Å²) in [6.07, 6.45) is 41.8. The predicted octanol–water partition coefficient (Wildman–Crippen LogP) is 10.8. The summed E-state index contributed by atoms with van der Waals surface area (Å²) in [5.74, 6) is -0.204. The number of hydrogen-bond donors (Lipinski definition) is 4. The van der Waals surface area contributed by atoms with Crippen molar-refractivity contribution in [2.24, 2.45) is 5.73 Å². The van der Waals surface area contributed by atoms with E-state index < -0.39 is 20.0 Å². The van der Waals surface area contributed by atoms with Gasteiger partial charge in [-0.25, -0.2) is 4.57 Å². The quantitative estimate of drug-likeness (QED) is 0.0286. The second-order valence-corrected chi connectivity index (χ2v) is 14.9. The maximum atomic E-state index is 12.7. The van der Waals surface area contributed by atoms with Gasteiger partial charge in [0.15, 0.2) is 0 Å². The monoisotopic (exact) mass is 713 g/mol. The van der Waals surface area contributed by atoms with Crippen LogP contribution in [0.5, 0.6) is 0 Å². The van der Waals surface area contributed by atoms with Crippen molar-refractivity contribution in [1.29, 1.82) is 0 Å². The van der Waals surface area contributed by atoms with Crippen molar-refractivity contribution in [2.45, 2.75) is 193 Å². The summed E-state index contributed by atoms with van der Waals surface area (Å²) in [4.78, 5) is 22.6. The van der Waals surface area contributed by atoms with Gasteiger partial charge >= 0.3 is 7.82 Å². The Morgan fingerprint density at radius 3 is 1.65 bits per heavy atom. The number of carbonyl (C=O) groups excluding carboxylic acids is 1. The van der Waals surface area contributed by atoms with Crippen LogP contribution in [0.25, 0.3) is 0 Å². The van der Waals surface area contributed by atoms with Gasteiger partial charge in [-0.2, -0.15) is 0 Å². The number of aliphatic hydroxyl groups is 1. The highest BCUT2D eigenvalue weighted by Gasteiger charge is 2.26. The number of aliphatic hydroxyl groups excluding tert-OH is 1. The fourth-order valence-corrected chi connectivity index (χ4v) is 6.39. The van der Waals surface area contributed by atoms with Gasteiger partial charge in [0, 0.05) is 13.0 Å². The third-order valence-corrected chi connectivity index (χ3v) is 9.69. The normalized spacial score (nSPS) is 14.6. The zero-order chi connectivity index (χ0) is 36.1. The molecular formula is C40H77N2O6P. The Morgan fingerprint density at radius 1 is 0.673 bits per heavy atom. The van der Waals surface area contributed by atoms with Crippen molar-refractivity contribution in [1.82, 2.24) is 5.32 Å². The first kappa shape index (κ1) is 47.7. The van der Waals surface area contributed by atoms with Gasteiger partial charge in [0.1, 0.15) is 0 Å². The van der Waals surface area contributed by atoms with Gasteiger partial charge in [-0.3, -0.25) is 13.8 Å². The van der Waals surface area contributed by atoms with E-state index in [2.05, 4.69) is 43.5 Å². The van der Waals surface area contributed by atoms with Crippen LogP contribution in [0.3, 0.4) is 0 Å². The molecule has 0 saturated carbocycles. The summed E-state index contributed by atoms with van der Waals surface area (Å²) in [5, 5.41) is 13.6. The lowest BCUT2D eigenvalue weighted by Gasteiger charge is -2.23. The fraction of sp³-hybridized carbons (Fsp3) is 0.825. The highest BCUT2D eigenvalue weighted by Crippen LogP contribution is 2.43. The molecule has 0 rings (SSSR count). The Labute approximate surface area is 301 Å². The number of allylic oxidation sites excluding steroid dienone is 5. The van der Waals surface area contributed by atoms with Crippen molar-refractivity contribution in [3.05, 3.63) is 36.5 Å². The van der Waals surface area contributed by atoms with Gasteiger partial charge in [0.25, 0.3) is 0 Å². The van der Waals surface area contributed by atoms with Gasteiger partial charge in [-0.15, -0.1) is 0 Å². The smallest absolute Gasteiger partial charge is 0.387 e. The van der Waals surface area contributed by atoms with E-state index in [1.54, 1.807) is 6.08 Å². The van der Waals surface area contributed by atoms with Gasteiger partial charge in [-0.1, -0.05) is 159 Å². The third-order valence-electron chi connectivity index (χ3n) is 8.71. The molecule has 3 unspecified atom stereocenters. The molecule has 0 aromatic rings. The molecule has 0 aromatic heterocycles. The molecule has 0 aromatic carbocycles. The summed E-state index contributed by atoms with van der Waals surface area (Å²) >= 11 is 0.